The summed E-state index contributed by atoms with van der Waals surface area (Å²) in [6.45, 7) is 6.39. The molecule has 4 N–H and O–H groups in total. The molecule has 2 atom stereocenters. The fourth-order valence-corrected chi connectivity index (χ4v) is 3.69. The van der Waals surface area contributed by atoms with Crippen molar-refractivity contribution < 1.29 is 5.11 Å². The van der Waals surface area contributed by atoms with Crippen LogP contribution in [0.25, 0.3) is 0 Å². The van der Waals surface area contributed by atoms with Crippen LogP contribution in [-0.2, 0) is 0 Å². The van der Waals surface area contributed by atoms with E-state index >= 15 is 0 Å². The first-order valence-corrected chi connectivity index (χ1v) is 11.3. The Hall–Kier alpha value is 0.500. The Bertz CT molecular complexity index is 269. The SMILES string of the molecule is CCCCCCCCCCCCCCC(CC(O)CCl)C(C)(C)Cl.N. The third kappa shape index (κ3) is 17.7. The summed E-state index contributed by atoms with van der Waals surface area (Å²) in [7, 11) is 0. The summed E-state index contributed by atoms with van der Waals surface area (Å²) in [5.74, 6) is 0.651. The highest BCUT2D eigenvalue weighted by Crippen LogP contribution is 2.33. The second-order valence-electron chi connectivity index (χ2n) is 7.98. The average Bonchev–Trinajstić information content (AvgIpc) is 2.53. The third-order valence-electron chi connectivity index (χ3n) is 5.11. The molecule has 0 aromatic heterocycles. The van der Waals surface area contributed by atoms with E-state index in [9.17, 15) is 5.11 Å². The number of halogens is 2. The van der Waals surface area contributed by atoms with Crippen LogP contribution in [0.2, 0.25) is 0 Å². The Kier molecular flexibility index (Phi) is 19.8. The molecule has 0 rings (SSSR count). The van der Waals surface area contributed by atoms with Crippen LogP contribution in [0.15, 0.2) is 0 Å². The van der Waals surface area contributed by atoms with Crippen molar-refractivity contribution in [3.8, 4) is 0 Å². The van der Waals surface area contributed by atoms with E-state index in [4.69, 9.17) is 23.2 Å². The summed E-state index contributed by atoms with van der Waals surface area (Å²) in [4.78, 5) is -0.259. The first kappa shape index (κ1) is 27.7. The van der Waals surface area contributed by atoms with E-state index in [2.05, 4.69) is 20.8 Å². The minimum atomic E-state index is -0.424. The van der Waals surface area contributed by atoms with Crippen LogP contribution in [-0.4, -0.2) is 22.0 Å². The second-order valence-corrected chi connectivity index (χ2v) is 9.27. The lowest BCUT2D eigenvalue weighted by molar-refractivity contribution is 0.148. The maximum absolute atomic E-state index is 9.79. The third-order valence-corrected chi connectivity index (χ3v) is 5.78. The van der Waals surface area contributed by atoms with Gasteiger partial charge in [0, 0.05) is 10.8 Å². The highest BCUT2D eigenvalue weighted by atomic mass is 35.5. The smallest absolute Gasteiger partial charge is 0.0678 e. The van der Waals surface area contributed by atoms with Crippen molar-refractivity contribution >= 4 is 23.2 Å². The van der Waals surface area contributed by atoms with Crippen molar-refractivity contribution in [1.82, 2.24) is 6.15 Å². The molecule has 0 radical (unpaired) electrons. The highest BCUT2D eigenvalue weighted by Gasteiger charge is 2.28. The van der Waals surface area contributed by atoms with Crippen molar-refractivity contribution in [2.45, 2.75) is 122 Å². The molecule has 0 heterocycles. The first-order valence-electron chi connectivity index (χ1n) is 10.3. The summed E-state index contributed by atoms with van der Waals surface area (Å²) in [6, 6.07) is 0. The van der Waals surface area contributed by atoms with Gasteiger partial charge in [0.2, 0.25) is 0 Å². The van der Waals surface area contributed by atoms with E-state index in [1.54, 1.807) is 0 Å². The molecule has 0 bridgehead atoms. The number of hydrogen-bond acceptors (Lipinski definition) is 2. The van der Waals surface area contributed by atoms with Gasteiger partial charge in [-0.25, -0.2) is 0 Å². The largest absolute Gasteiger partial charge is 0.392 e. The van der Waals surface area contributed by atoms with Gasteiger partial charge < -0.3 is 11.3 Å². The molecule has 0 fully saturated rings. The highest BCUT2D eigenvalue weighted by molar-refractivity contribution is 6.23. The number of alkyl halides is 2. The fraction of sp³-hybridized carbons (Fsp3) is 1.00. The summed E-state index contributed by atoms with van der Waals surface area (Å²) in [6.07, 6.45) is 17.8. The zero-order valence-electron chi connectivity index (χ0n) is 17.2. The Morgan fingerprint density at radius 2 is 1.20 bits per heavy atom. The molecule has 25 heavy (non-hydrogen) atoms. The van der Waals surface area contributed by atoms with Crippen molar-refractivity contribution in [3.05, 3.63) is 0 Å². The Balaban J connectivity index is 0. The second kappa shape index (κ2) is 17.9. The Labute approximate surface area is 168 Å². The molecular formula is C21H45Cl2NO. The van der Waals surface area contributed by atoms with Gasteiger partial charge in [0.15, 0.2) is 0 Å². The summed E-state index contributed by atoms with van der Waals surface area (Å²) in [5.41, 5.74) is 0. The van der Waals surface area contributed by atoms with E-state index in [-0.39, 0.29) is 11.0 Å². The van der Waals surface area contributed by atoms with E-state index in [1.165, 1.54) is 77.0 Å². The Morgan fingerprint density at radius 1 is 0.800 bits per heavy atom. The molecule has 0 amide bonds. The molecule has 0 aliphatic rings. The van der Waals surface area contributed by atoms with Gasteiger partial charge in [0.1, 0.15) is 0 Å². The summed E-state index contributed by atoms with van der Waals surface area (Å²) >= 11 is 12.2. The molecule has 0 aromatic rings. The van der Waals surface area contributed by atoms with Crippen molar-refractivity contribution in [1.29, 1.82) is 0 Å². The molecule has 2 nitrogen and oxygen atoms in total. The molecule has 2 unspecified atom stereocenters. The molecular weight excluding hydrogens is 353 g/mol. The molecule has 154 valence electrons. The van der Waals surface area contributed by atoms with Gasteiger partial charge in [-0.2, -0.15) is 0 Å². The molecule has 0 saturated heterocycles. The van der Waals surface area contributed by atoms with E-state index in [0.717, 1.165) is 12.8 Å². The van der Waals surface area contributed by atoms with Gasteiger partial charge in [-0.3, -0.25) is 0 Å². The van der Waals surface area contributed by atoms with Gasteiger partial charge in [-0.15, -0.1) is 23.2 Å². The lowest BCUT2D eigenvalue weighted by Gasteiger charge is -2.30. The van der Waals surface area contributed by atoms with Crippen molar-refractivity contribution in [2.75, 3.05) is 5.88 Å². The van der Waals surface area contributed by atoms with Crippen molar-refractivity contribution in [3.63, 3.8) is 0 Å². The van der Waals surface area contributed by atoms with Crippen molar-refractivity contribution in [2.24, 2.45) is 5.92 Å². The maximum Gasteiger partial charge on any atom is 0.0678 e. The van der Waals surface area contributed by atoms with Gasteiger partial charge >= 0.3 is 0 Å². The topological polar surface area (TPSA) is 55.2 Å². The van der Waals surface area contributed by atoms with Crippen LogP contribution < -0.4 is 6.15 Å². The first-order chi connectivity index (χ1) is 11.4. The molecule has 0 spiro atoms. The van der Waals surface area contributed by atoms with Crippen LogP contribution in [0.4, 0.5) is 0 Å². The number of aliphatic hydroxyl groups is 1. The maximum atomic E-state index is 9.79. The average molecular weight is 399 g/mol. The minimum Gasteiger partial charge on any atom is -0.392 e. The molecule has 0 aromatic carbocycles. The zero-order valence-corrected chi connectivity index (χ0v) is 18.7. The lowest BCUT2D eigenvalue weighted by atomic mass is 9.85. The van der Waals surface area contributed by atoms with Gasteiger partial charge in [-0.1, -0.05) is 84.0 Å². The van der Waals surface area contributed by atoms with Crippen LogP contribution in [0.5, 0.6) is 0 Å². The number of hydrogen-bond donors (Lipinski definition) is 2. The quantitative estimate of drug-likeness (QED) is 0.193. The van der Waals surface area contributed by atoms with E-state index < -0.39 is 6.10 Å². The van der Waals surface area contributed by atoms with Crippen LogP contribution in [0, 0.1) is 5.92 Å². The predicted octanol–water partition coefficient (Wildman–Crippen LogP) is 7.86. The van der Waals surface area contributed by atoms with Crippen LogP contribution in [0.3, 0.4) is 0 Å². The zero-order chi connectivity index (χ0) is 18.3. The monoisotopic (exact) mass is 397 g/mol. The molecule has 0 aliphatic heterocycles. The van der Waals surface area contributed by atoms with Crippen LogP contribution >= 0.6 is 23.2 Å². The van der Waals surface area contributed by atoms with E-state index in [0.29, 0.717) is 11.8 Å². The predicted molar refractivity (Wildman–Crippen MR) is 115 cm³/mol. The number of unbranched alkanes of at least 4 members (excludes halogenated alkanes) is 11. The minimum absolute atomic E-state index is 0. The standard InChI is InChI=1S/C21H42Cl2O.H3N/c1-4-5-6-7-8-9-10-11-12-13-14-15-16-19(21(2,3)23)17-20(24)18-22;/h19-20,24H,4-18H2,1-3H3;1H3. The van der Waals surface area contributed by atoms with Crippen LogP contribution in [0.1, 0.15) is 111 Å². The van der Waals surface area contributed by atoms with Gasteiger partial charge in [-0.05, 0) is 32.6 Å². The molecule has 0 saturated carbocycles. The summed E-state index contributed by atoms with van der Waals surface area (Å²) in [5, 5.41) is 9.79. The van der Waals surface area contributed by atoms with Gasteiger partial charge in [0.25, 0.3) is 0 Å². The Morgan fingerprint density at radius 3 is 1.56 bits per heavy atom. The van der Waals surface area contributed by atoms with Gasteiger partial charge in [0.05, 0.1) is 6.10 Å². The van der Waals surface area contributed by atoms with E-state index in [1.807, 2.05) is 0 Å². The molecule has 4 heteroatoms. The normalized spacial score (nSPS) is 14.2. The molecule has 0 aliphatic carbocycles. The number of aliphatic hydroxyl groups excluding tert-OH is 1. The number of rotatable bonds is 17. The summed E-state index contributed by atoms with van der Waals surface area (Å²) < 4.78 is 0. The lowest BCUT2D eigenvalue weighted by Crippen LogP contribution is -2.29. The fourth-order valence-electron chi connectivity index (χ4n) is 3.36.